The van der Waals surface area contributed by atoms with Gasteiger partial charge in [0, 0.05) is 6.04 Å². The van der Waals surface area contributed by atoms with E-state index >= 15 is 0 Å². The first-order valence-electron chi connectivity index (χ1n) is 5.62. The molecule has 0 aliphatic rings. The van der Waals surface area contributed by atoms with Crippen molar-refractivity contribution in [3.63, 3.8) is 0 Å². The maximum Gasteiger partial charge on any atom is 0.325 e. The Morgan fingerprint density at radius 1 is 1.61 bits per heavy atom. The molecule has 0 aromatic carbocycles. The molecule has 0 spiro atoms. The Kier molecular flexibility index (Phi) is 5.15. The van der Waals surface area contributed by atoms with Crippen molar-refractivity contribution in [3.05, 3.63) is 21.7 Å². The highest BCUT2D eigenvalue weighted by atomic mass is 35.5. The monoisotopic (exact) mass is 273 g/mol. The highest BCUT2D eigenvalue weighted by molar-refractivity contribution is 6.32. The number of hydrogen-bond donors (Lipinski definition) is 1. The zero-order chi connectivity index (χ0) is 13.7. The summed E-state index contributed by atoms with van der Waals surface area (Å²) in [5.74, 6) is -0.104. The topological polar surface area (TPSA) is 75.3 Å². The fourth-order valence-electron chi connectivity index (χ4n) is 1.42. The Hall–Kier alpha value is -1.56. The minimum absolute atomic E-state index is 0.00167. The Labute approximate surface area is 110 Å². The molecule has 0 saturated heterocycles. The van der Waals surface area contributed by atoms with Crippen LogP contribution in [0, 0.1) is 0 Å². The molecule has 1 aromatic rings. The van der Waals surface area contributed by atoms with E-state index in [9.17, 15) is 9.59 Å². The van der Waals surface area contributed by atoms with E-state index in [2.05, 4.69) is 9.97 Å². The first-order chi connectivity index (χ1) is 8.47. The van der Waals surface area contributed by atoms with Crippen LogP contribution in [0.5, 0.6) is 0 Å². The Balaban J connectivity index is 3.02. The van der Waals surface area contributed by atoms with Gasteiger partial charge in [0.1, 0.15) is 11.6 Å². The Bertz CT molecular complexity index is 473. The lowest BCUT2D eigenvalue weighted by Crippen LogP contribution is -2.38. The van der Waals surface area contributed by atoms with Crippen molar-refractivity contribution in [3.8, 4) is 0 Å². The van der Waals surface area contributed by atoms with Gasteiger partial charge in [-0.3, -0.25) is 9.59 Å². The minimum Gasteiger partial charge on any atom is -0.465 e. The lowest BCUT2D eigenvalue weighted by molar-refractivity contribution is -0.141. The van der Waals surface area contributed by atoms with Gasteiger partial charge in [0.05, 0.1) is 12.9 Å². The number of aromatic amines is 1. The summed E-state index contributed by atoms with van der Waals surface area (Å²) in [6.45, 7) is 5.79. The highest BCUT2D eigenvalue weighted by Crippen LogP contribution is 2.20. The van der Waals surface area contributed by atoms with E-state index in [1.165, 1.54) is 6.33 Å². The molecular weight excluding hydrogens is 258 g/mol. The van der Waals surface area contributed by atoms with Gasteiger partial charge >= 0.3 is 5.97 Å². The van der Waals surface area contributed by atoms with Crippen molar-refractivity contribution in [2.75, 3.05) is 18.1 Å². The van der Waals surface area contributed by atoms with Crippen LogP contribution in [-0.4, -0.2) is 35.1 Å². The molecular formula is C11H16ClN3O3. The van der Waals surface area contributed by atoms with Crippen molar-refractivity contribution in [1.29, 1.82) is 0 Å². The van der Waals surface area contributed by atoms with Gasteiger partial charge in [0.15, 0.2) is 5.82 Å². The van der Waals surface area contributed by atoms with Gasteiger partial charge in [-0.15, -0.1) is 0 Å². The zero-order valence-electron chi connectivity index (χ0n) is 10.6. The van der Waals surface area contributed by atoms with Gasteiger partial charge in [-0.25, -0.2) is 4.98 Å². The average molecular weight is 274 g/mol. The summed E-state index contributed by atoms with van der Waals surface area (Å²) in [4.78, 5) is 30.9. The number of halogens is 1. The average Bonchev–Trinajstić information content (AvgIpc) is 2.30. The minimum atomic E-state index is -0.434. The van der Waals surface area contributed by atoms with Crippen LogP contribution < -0.4 is 10.5 Å². The molecule has 0 radical (unpaired) electrons. The van der Waals surface area contributed by atoms with Gasteiger partial charge in [0.25, 0.3) is 5.56 Å². The number of anilines is 1. The van der Waals surface area contributed by atoms with Crippen molar-refractivity contribution in [2.45, 2.75) is 26.8 Å². The van der Waals surface area contributed by atoms with Crippen LogP contribution in [0.25, 0.3) is 0 Å². The number of rotatable bonds is 5. The maximum atomic E-state index is 11.5. The normalized spacial score (nSPS) is 10.5. The van der Waals surface area contributed by atoms with E-state index in [4.69, 9.17) is 16.3 Å². The quantitative estimate of drug-likeness (QED) is 0.816. The second-order valence-electron chi connectivity index (χ2n) is 3.90. The summed E-state index contributed by atoms with van der Waals surface area (Å²) in [5, 5.41) is -0.0319. The molecule has 1 heterocycles. The molecule has 0 amide bonds. The van der Waals surface area contributed by atoms with Crippen molar-refractivity contribution >= 4 is 23.4 Å². The molecule has 0 unspecified atom stereocenters. The molecule has 100 valence electrons. The van der Waals surface area contributed by atoms with E-state index in [0.29, 0.717) is 6.61 Å². The highest BCUT2D eigenvalue weighted by Gasteiger charge is 2.20. The van der Waals surface area contributed by atoms with E-state index in [1.54, 1.807) is 11.8 Å². The largest absolute Gasteiger partial charge is 0.465 e. The summed E-state index contributed by atoms with van der Waals surface area (Å²) in [6.07, 6.45) is 1.25. The molecule has 18 heavy (non-hydrogen) atoms. The van der Waals surface area contributed by atoms with E-state index in [0.717, 1.165) is 0 Å². The van der Waals surface area contributed by atoms with Crippen LogP contribution >= 0.6 is 11.6 Å². The molecule has 7 heteroatoms. The first kappa shape index (κ1) is 14.5. The number of carbonyl (C=O) groups is 1. The predicted molar refractivity (Wildman–Crippen MR) is 69.0 cm³/mol. The number of aromatic nitrogens is 2. The summed E-state index contributed by atoms with van der Waals surface area (Å²) in [5.41, 5.74) is -0.434. The fourth-order valence-corrected chi connectivity index (χ4v) is 1.63. The third-order valence-corrected chi connectivity index (χ3v) is 2.62. The maximum absolute atomic E-state index is 11.5. The predicted octanol–water partition coefficient (Wildman–Crippen LogP) is 1.20. The number of ether oxygens (including phenoxy) is 1. The second-order valence-corrected chi connectivity index (χ2v) is 4.27. The van der Waals surface area contributed by atoms with Crippen molar-refractivity contribution in [2.24, 2.45) is 0 Å². The third-order valence-electron chi connectivity index (χ3n) is 2.28. The third kappa shape index (κ3) is 3.46. The SMILES string of the molecule is CCOC(=O)CN(c1nc[nH]c(=O)c1Cl)C(C)C. The molecule has 1 N–H and O–H groups in total. The number of nitrogens with zero attached hydrogens (tertiary/aromatic N) is 2. The lowest BCUT2D eigenvalue weighted by atomic mass is 10.3. The van der Waals surface area contributed by atoms with Gasteiger partial charge in [0.2, 0.25) is 0 Å². The number of carbonyl (C=O) groups excluding carboxylic acids is 1. The molecule has 0 saturated carbocycles. The number of H-pyrrole nitrogens is 1. The molecule has 0 atom stereocenters. The smallest absolute Gasteiger partial charge is 0.325 e. The standard InChI is InChI=1S/C11H16ClN3O3/c1-4-18-8(16)5-15(7(2)3)10-9(12)11(17)14-6-13-10/h6-7H,4-5H2,1-3H3,(H,13,14,17). The van der Waals surface area contributed by atoms with Gasteiger partial charge in [-0.2, -0.15) is 0 Å². The van der Waals surface area contributed by atoms with Crippen LogP contribution in [0.1, 0.15) is 20.8 Å². The van der Waals surface area contributed by atoms with Gasteiger partial charge < -0.3 is 14.6 Å². The fraction of sp³-hybridized carbons (Fsp3) is 0.545. The zero-order valence-corrected chi connectivity index (χ0v) is 11.3. The number of hydrogen-bond acceptors (Lipinski definition) is 5. The van der Waals surface area contributed by atoms with Crippen molar-refractivity contribution < 1.29 is 9.53 Å². The Morgan fingerprint density at radius 2 is 2.28 bits per heavy atom. The molecule has 1 aromatic heterocycles. The lowest BCUT2D eigenvalue weighted by Gasteiger charge is -2.26. The molecule has 6 nitrogen and oxygen atoms in total. The molecule has 1 rings (SSSR count). The number of nitrogens with one attached hydrogen (secondary N) is 1. The second kappa shape index (κ2) is 6.39. The van der Waals surface area contributed by atoms with E-state index in [-0.39, 0.29) is 29.4 Å². The van der Waals surface area contributed by atoms with E-state index in [1.807, 2.05) is 13.8 Å². The van der Waals surface area contributed by atoms with Crippen LogP contribution in [-0.2, 0) is 9.53 Å². The van der Waals surface area contributed by atoms with E-state index < -0.39 is 5.56 Å². The van der Waals surface area contributed by atoms with Gasteiger partial charge in [-0.1, -0.05) is 11.6 Å². The summed E-state index contributed by atoms with van der Waals surface area (Å²) < 4.78 is 4.88. The molecule has 0 aliphatic heterocycles. The summed E-state index contributed by atoms with van der Waals surface area (Å²) in [6, 6.07) is -0.0405. The summed E-state index contributed by atoms with van der Waals surface area (Å²) in [7, 11) is 0. The molecule has 0 fully saturated rings. The number of esters is 1. The molecule has 0 aliphatic carbocycles. The molecule has 0 bridgehead atoms. The van der Waals surface area contributed by atoms with Crippen LogP contribution in [0.2, 0.25) is 5.02 Å². The summed E-state index contributed by atoms with van der Waals surface area (Å²) >= 11 is 5.89. The van der Waals surface area contributed by atoms with Crippen LogP contribution in [0.15, 0.2) is 11.1 Å². The van der Waals surface area contributed by atoms with Crippen molar-refractivity contribution in [1.82, 2.24) is 9.97 Å². The van der Waals surface area contributed by atoms with Gasteiger partial charge in [-0.05, 0) is 20.8 Å². The Morgan fingerprint density at radius 3 is 2.83 bits per heavy atom. The first-order valence-corrected chi connectivity index (χ1v) is 6.00. The van der Waals surface area contributed by atoms with Crippen LogP contribution in [0.3, 0.4) is 0 Å². The van der Waals surface area contributed by atoms with Crippen LogP contribution in [0.4, 0.5) is 5.82 Å².